The van der Waals surface area contributed by atoms with Gasteiger partial charge in [0, 0.05) is 36.1 Å². The van der Waals surface area contributed by atoms with Crippen LogP contribution in [-0.2, 0) is 27.0 Å². The van der Waals surface area contributed by atoms with Crippen LogP contribution in [0.2, 0.25) is 5.02 Å². The monoisotopic (exact) mass is 564 g/mol. The molecule has 1 unspecified atom stereocenters. The maximum absolute atomic E-state index is 13.4. The normalized spacial score (nSPS) is 28.1. The Morgan fingerprint density at radius 1 is 1.07 bits per heavy atom. The van der Waals surface area contributed by atoms with E-state index in [1.54, 1.807) is 23.1 Å². The van der Waals surface area contributed by atoms with Crippen molar-refractivity contribution in [1.82, 2.24) is 4.90 Å². The van der Waals surface area contributed by atoms with E-state index in [2.05, 4.69) is 23.1 Å². The Labute approximate surface area is 240 Å². The highest BCUT2D eigenvalue weighted by molar-refractivity contribution is 6.30. The van der Waals surface area contributed by atoms with Crippen molar-refractivity contribution in [2.24, 2.45) is 0 Å². The molecule has 0 saturated heterocycles. The molecule has 7 nitrogen and oxygen atoms in total. The van der Waals surface area contributed by atoms with Gasteiger partial charge in [0.2, 0.25) is 5.91 Å². The van der Waals surface area contributed by atoms with Crippen molar-refractivity contribution in [3.63, 3.8) is 0 Å². The number of hydrogen-bond acceptors (Lipinski definition) is 5. The fourth-order valence-corrected chi connectivity index (χ4v) is 6.94. The van der Waals surface area contributed by atoms with Crippen LogP contribution in [0.1, 0.15) is 68.1 Å². The minimum Gasteiger partial charge on any atom is -0.490 e. The third-order valence-electron chi connectivity index (χ3n) is 9.10. The zero-order chi connectivity index (χ0) is 27.9. The molecule has 4 aliphatic rings. The number of aliphatic hydroxyl groups is 1. The second kappa shape index (κ2) is 10.7. The number of carbonyl (C=O) groups is 2. The molecule has 2 aromatic carbocycles. The van der Waals surface area contributed by atoms with E-state index in [0.717, 1.165) is 68.6 Å². The first-order valence-corrected chi connectivity index (χ1v) is 14.9. The Bertz CT molecular complexity index is 1340. The van der Waals surface area contributed by atoms with Gasteiger partial charge in [-0.15, -0.1) is 0 Å². The Morgan fingerprint density at radius 3 is 2.73 bits per heavy atom. The molecular weight excluding hydrogens is 528 g/mol. The number of aliphatic carboxylic acids is 1. The lowest BCUT2D eigenvalue weighted by Gasteiger charge is -2.41. The highest BCUT2D eigenvalue weighted by atomic mass is 35.5. The Hall–Kier alpha value is -3.03. The minimum atomic E-state index is -2.34. The van der Waals surface area contributed by atoms with Gasteiger partial charge in [0.25, 0.3) is 0 Å². The number of carbonyl (C=O) groups excluding carboxylic acids is 1. The van der Waals surface area contributed by atoms with Crippen molar-refractivity contribution in [3.05, 3.63) is 70.3 Å². The molecule has 2 N–H and O–H groups in total. The van der Waals surface area contributed by atoms with Crippen LogP contribution < -0.4 is 9.64 Å². The molecule has 2 heterocycles. The molecule has 1 spiro atoms. The van der Waals surface area contributed by atoms with Gasteiger partial charge in [-0.2, -0.15) is 0 Å². The number of aryl methyl sites for hydroxylation is 1. The number of nitrogens with zero attached hydrogens (tertiary/aromatic N) is 2. The summed E-state index contributed by atoms with van der Waals surface area (Å²) in [4.78, 5) is 29.9. The number of anilines is 1. The third kappa shape index (κ3) is 5.10. The van der Waals surface area contributed by atoms with Gasteiger partial charge in [0.15, 0.2) is 5.60 Å². The van der Waals surface area contributed by atoms with Crippen LogP contribution in [0.25, 0.3) is 0 Å². The minimum absolute atomic E-state index is 0.117. The van der Waals surface area contributed by atoms with Crippen LogP contribution in [0.5, 0.6) is 5.75 Å². The van der Waals surface area contributed by atoms with Crippen molar-refractivity contribution >= 4 is 29.2 Å². The number of hydrogen-bond donors (Lipinski definition) is 2. The van der Waals surface area contributed by atoms with Gasteiger partial charge in [-0.1, -0.05) is 35.9 Å². The molecule has 40 heavy (non-hydrogen) atoms. The number of carboxylic acids is 1. The second-order valence-corrected chi connectivity index (χ2v) is 12.4. The zero-order valence-electron chi connectivity index (χ0n) is 22.8. The van der Waals surface area contributed by atoms with Crippen LogP contribution >= 0.6 is 11.6 Å². The molecule has 1 fully saturated rings. The number of rotatable bonds is 2. The van der Waals surface area contributed by atoms with E-state index in [-0.39, 0.29) is 22.9 Å². The highest BCUT2D eigenvalue weighted by Crippen LogP contribution is 2.45. The van der Waals surface area contributed by atoms with E-state index in [4.69, 9.17) is 16.3 Å². The van der Waals surface area contributed by atoms with E-state index >= 15 is 0 Å². The van der Waals surface area contributed by atoms with E-state index in [1.165, 1.54) is 11.1 Å². The fourth-order valence-electron chi connectivity index (χ4n) is 6.74. The average Bonchev–Trinajstić information content (AvgIpc) is 3.78. The molecule has 0 radical (unpaired) electrons. The molecule has 2 aliphatic heterocycles. The summed E-state index contributed by atoms with van der Waals surface area (Å²) in [7, 11) is 0. The number of allylic oxidation sites excluding steroid dienone is 1. The number of amides is 1. The number of fused-ring (bicyclic) bond motifs is 3. The van der Waals surface area contributed by atoms with Gasteiger partial charge >= 0.3 is 5.97 Å². The van der Waals surface area contributed by atoms with Crippen molar-refractivity contribution < 1.29 is 24.5 Å². The number of benzene rings is 2. The Kier molecular flexibility index (Phi) is 7.30. The lowest BCUT2D eigenvalue weighted by Crippen LogP contribution is -2.46. The summed E-state index contributed by atoms with van der Waals surface area (Å²) in [6, 6.07) is 11.4. The Balaban J connectivity index is 1.41. The molecule has 2 atom stereocenters. The van der Waals surface area contributed by atoms with Crippen molar-refractivity contribution in [3.8, 4) is 5.75 Å². The molecular formula is C32H37ClN2O5. The SMILES string of the molecule is O=C1CC(O)(C(=O)O)c2ccc3c(c2)N(CCCC/C=C\CN1C1CC1)C[C@@]1(CCCc2cc(Cl)ccc21)CO3. The summed E-state index contributed by atoms with van der Waals surface area (Å²) in [5.41, 5.74) is 0.928. The van der Waals surface area contributed by atoms with E-state index in [1.807, 2.05) is 12.1 Å². The largest absolute Gasteiger partial charge is 0.490 e. The van der Waals surface area contributed by atoms with Gasteiger partial charge in [-0.25, -0.2) is 4.79 Å². The predicted molar refractivity (Wildman–Crippen MR) is 154 cm³/mol. The molecule has 212 valence electrons. The topological polar surface area (TPSA) is 90.3 Å². The van der Waals surface area contributed by atoms with E-state index in [0.29, 0.717) is 25.4 Å². The number of ether oxygens (including phenoxy) is 1. The van der Waals surface area contributed by atoms with Gasteiger partial charge in [-0.3, -0.25) is 4.79 Å². The maximum Gasteiger partial charge on any atom is 0.340 e. The molecule has 6 rings (SSSR count). The lowest BCUT2D eigenvalue weighted by atomic mass is 9.70. The summed E-state index contributed by atoms with van der Waals surface area (Å²) >= 11 is 6.36. The van der Waals surface area contributed by atoms with E-state index < -0.39 is 18.0 Å². The van der Waals surface area contributed by atoms with Gasteiger partial charge in [0.05, 0.1) is 18.7 Å². The zero-order valence-corrected chi connectivity index (χ0v) is 23.5. The maximum atomic E-state index is 13.4. The molecule has 2 aliphatic carbocycles. The van der Waals surface area contributed by atoms with Gasteiger partial charge in [-0.05, 0) is 92.3 Å². The standard InChI is InChI=1S/C32H37ClN2O5/c33-24-9-12-26-22(17-24)7-6-14-31(26)20-34-15-4-2-1-3-5-16-35(25-10-11-25)29(36)19-32(39,30(37)38)23-8-13-28(40-21-31)27(34)18-23/h3,5,8-9,12-13,17-18,25,39H,1-2,4,6-7,10-11,14-16,19-21H2,(H,37,38)/b5-3-/t31-,32?/m0/s1. The summed E-state index contributed by atoms with van der Waals surface area (Å²) in [5, 5.41) is 22.5. The van der Waals surface area contributed by atoms with Crippen LogP contribution in [0.15, 0.2) is 48.6 Å². The van der Waals surface area contributed by atoms with Crippen LogP contribution in [0.4, 0.5) is 5.69 Å². The summed E-state index contributed by atoms with van der Waals surface area (Å²) < 4.78 is 6.49. The van der Waals surface area contributed by atoms with Gasteiger partial charge < -0.3 is 24.7 Å². The van der Waals surface area contributed by atoms with Gasteiger partial charge in [0.1, 0.15) is 5.75 Å². The van der Waals surface area contributed by atoms with Crippen molar-refractivity contribution in [1.29, 1.82) is 0 Å². The molecule has 0 aromatic heterocycles. The summed E-state index contributed by atoms with van der Waals surface area (Å²) in [6.45, 7) is 2.44. The van der Waals surface area contributed by atoms with Crippen LogP contribution in [0, 0.1) is 0 Å². The molecule has 1 saturated carbocycles. The highest BCUT2D eigenvalue weighted by Gasteiger charge is 2.45. The third-order valence-corrected chi connectivity index (χ3v) is 9.34. The first kappa shape index (κ1) is 27.2. The number of halogens is 1. The smallest absolute Gasteiger partial charge is 0.340 e. The molecule has 8 heteroatoms. The fraction of sp³-hybridized carbons (Fsp3) is 0.500. The van der Waals surface area contributed by atoms with Crippen molar-refractivity contribution in [2.75, 3.05) is 31.1 Å². The van der Waals surface area contributed by atoms with Crippen LogP contribution in [-0.4, -0.2) is 59.3 Å². The predicted octanol–water partition coefficient (Wildman–Crippen LogP) is 5.21. The van der Waals surface area contributed by atoms with E-state index in [9.17, 15) is 19.8 Å². The number of carboxylic acid groups (broad SMARTS) is 1. The van der Waals surface area contributed by atoms with Crippen LogP contribution in [0.3, 0.4) is 0 Å². The molecule has 1 amide bonds. The molecule has 2 aromatic rings. The quantitative estimate of drug-likeness (QED) is 0.487. The molecule has 2 bridgehead atoms. The summed E-state index contributed by atoms with van der Waals surface area (Å²) in [6.07, 6.45) is 11.3. The first-order chi connectivity index (χ1) is 19.3. The lowest BCUT2D eigenvalue weighted by molar-refractivity contribution is -0.165. The Morgan fingerprint density at radius 2 is 1.93 bits per heavy atom. The first-order valence-electron chi connectivity index (χ1n) is 14.5. The second-order valence-electron chi connectivity index (χ2n) is 11.9. The van der Waals surface area contributed by atoms with Crippen molar-refractivity contribution in [2.45, 2.75) is 74.8 Å². The average molecular weight is 565 g/mol. The summed E-state index contributed by atoms with van der Waals surface area (Å²) in [5.74, 6) is -1.09.